The van der Waals surface area contributed by atoms with Crippen molar-refractivity contribution >= 4 is 23.0 Å². The smallest absolute Gasteiger partial charge is 0.341 e. The van der Waals surface area contributed by atoms with Gasteiger partial charge in [0, 0.05) is 50.4 Å². The minimum absolute atomic E-state index is 0.000187. The summed E-state index contributed by atoms with van der Waals surface area (Å²) < 4.78 is 38.1. The molecule has 1 aromatic heterocycles. The number of carbonyl (C=O) groups excluding carboxylic acids is 2. The zero-order valence-corrected chi connectivity index (χ0v) is 17.7. The van der Waals surface area contributed by atoms with Crippen LogP contribution in [0.2, 0.25) is 0 Å². The van der Waals surface area contributed by atoms with Crippen LogP contribution in [0.3, 0.4) is 0 Å². The Balaban J connectivity index is 1.47. The van der Waals surface area contributed by atoms with Crippen LogP contribution >= 0.6 is 11.3 Å². The highest BCUT2D eigenvalue weighted by Gasteiger charge is 2.30. The molecule has 0 N–H and O–H groups in total. The van der Waals surface area contributed by atoms with Crippen molar-refractivity contribution in [3.8, 4) is 0 Å². The van der Waals surface area contributed by atoms with Gasteiger partial charge in [0.2, 0.25) is 5.91 Å². The standard InChI is InChI=1S/C22H25F3N2O2S/c1-16-3-9-20(30-16)19(28)8-10-21(29)27-12-2-11-26(13-14-27)15-17-4-6-18(7-5-17)22(23,24)25/h3-7,9H,2,8,10-15H2,1H3. The number of Topliss-reactive ketones (excluding diaryl/α,β-unsaturated/α-hetero) is 1. The molecule has 1 amide bonds. The molecule has 8 heteroatoms. The average molecular weight is 439 g/mol. The van der Waals surface area contributed by atoms with E-state index in [9.17, 15) is 22.8 Å². The minimum atomic E-state index is -4.33. The molecule has 0 spiro atoms. The van der Waals surface area contributed by atoms with Gasteiger partial charge in [0.25, 0.3) is 0 Å². The summed E-state index contributed by atoms with van der Waals surface area (Å²) in [4.78, 5) is 30.5. The molecule has 2 heterocycles. The van der Waals surface area contributed by atoms with E-state index in [1.807, 2.05) is 13.0 Å². The second-order valence-corrected chi connectivity index (χ2v) is 8.83. The number of nitrogens with zero attached hydrogens (tertiary/aromatic N) is 2. The van der Waals surface area contributed by atoms with E-state index >= 15 is 0 Å². The van der Waals surface area contributed by atoms with Crippen LogP contribution in [-0.4, -0.2) is 47.7 Å². The summed E-state index contributed by atoms with van der Waals surface area (Å²) in [6.07, 6.45) is -3.12. The summed E-state index contributed by atoms with van der Waals surface area (Å²) in [5.41, 5.74) is 0.172. The van der Waals surface area contributed by atoms with E-state index < -0.39 is 11.7 Å². The minimum Gasteiger partial charge on any atom is -0.341 e. The summed E-state index contributed by atoms with van der Waals surface area (Å²) in [5.74, 6) is -0.0202. The molecule has 1 aliphatic rings. The Labute approximate surface area is 178 Å². The van der Waals surface area contributed by atoms with Gasteiger partial charge >= 0.3 is 6.18 Å². The molecule has 1 aromatic carbocycles. The molecule has 0 atom stereocenters. The maximum absolute atomic E-state index is 12.7. The highest BCUT2D eigenvalue weighted by atomic mass is 32.1. The van der Waals surface area contributed by atoms with E-state index in [1.54, 1.807) is 11.0 Å². The zero-order valence-electron chi connectivity index (χ0n) is 16.9. The summed E-state index contributed by atoms with van der Waals surface area (Å²) in [5, 5.41) is 0. The van der Waals surface area contributed by atoms with E-state index in [0.29, 0.717) is 31.1 Å². The number of amides is 1. The van der Waals surface area contributed by atoms with Gasteiger partial charge in [0.1, 0.15) is 0 Å². The maximum atomic E-state index is 12.7. The fraction of sp³-hybridized carbons (Fsp3) is 0.455. The van der Waals surface area contributed by atoms with Crippen LogP contribution in [-0.2, 0) is 17.5 Å². The van der Waals surface area contributed by atoms with Crippen molar-refractivity contribution in [3.05, 3.63) is 57.3 Å². The van der Waals surface area contributed by atoms with Gasteiger partial charge in [-0.25, -0.2) is 0 Å². The van der Waals surface area contributed by atoms with Crippen molar-refractivity contribution in [2.24, 2.45) is 0 Å². The predicted molar refractivity (Wildman–Crippen MR) is 111 cm³/mol. The van der Waals surface area contributed by atoms with E-state index in [2.05, 4.69) is 4.90 Å². The Bertz CT molecular complexity index is 877. The molecular weight excluding hydrogens is 413 g/mol. The lowest BCUT2D eigenvalue weighted by atomic mass is 10.1. The Morgan fingerprint density at radius 1 is 0.967 bits per heavy atom. The molecule has 0 radical (unpaired) electrons. The Kier molecular flexibility index (Phi) is 7.31. The Hall–Kier alpha value is -2.19. The van der Waals surface area contributed by atoms with Gasteiger partial charge in [-0.15, -0.1) is 11.3 Å². The molecule has 0 aliphatic carbocycles. The third-order valence-corrected chi connectivity index (χ3v) is 6.25. The van der Waals surface area contributed by atoms with Crippen molar-refractivity contribution in [1.82, 2.24) is 9.80 Å². The van der Waals surface area contributed by atoms with E-state index in [4.69, 9.17) is 0 Å². The quantitative estimate of drug-likeness (QED) is 0.610. The number of rotatable bonds is 6. The van der Waals surface area contributed by atoms with Gasteiger partial charge < -0.3 is 4.90 Å². The van der Waals surface area contributed by atoms with Crippen LogP contribution in [0.15, 0.2) is 36.4 Å². The molecule has 0 unspecified atom stereocenters. The number of hydrogen-bond acceptors (Lipinski definition) is 4. The van der Waals surface area contributed by atoms with Crippen molar-refractivity contribution < 1.29 is 22.8 Å². The van der Waals surface area contributed by atoms with Gasteiger partial charge in [-0.05, 0) is 43.2 Å². The SMILES string of the molecule is Cc1ccc(C(=O)CCC(=O)N2CCCN(Cc3ccc(C(F)(F)F)cc3)CC2)s1. The number of hydrogen-bond donors (Lipinski definition) is 0. The molecule has 162 valence electrons. The van der Waals surface area contributed by atoms with E-state index in [1.165, 1.54) is 23.5 Å². The van der Waals surface area contributed by atoms with Crippen LogP contribution in [0.25, 0.3) is 0 Å². The van der Waals surface area contributed by atoms with E-state index in [0.717, 1.165) is 35.5 Å². The number of alkyl halides is 3. The molecule has 2 aromatic rings. The van der Waals surface area contributed by atoms with Crippen molar-refractivity contribution in [2.45, 2.75) is 38.9 Å². The van der Waals surface area contributed by atoms with Gasteiger partial charge in [-0.3, -0.25) is 14.5 Å². The number of carbonyl (C=O) groups is 2. The van der Waals surface area contributed by atoms with E-state index in [-0.39, 0.29) is 24.5 Å². The molecule has 3 rings (SSSR count). The fourth-order valence-electron chi connectivity index (χ4n) is 3.52. The molecule has 1 saturated heterocycles. The van der Waals surface area contributed by atoms with Crippen LogP contribution in [0, 0.1) is 6.92 Å². The summed E-state index contributed by atoms with van der Waals surface area (Å²) in [7, 11) is 0. The predicted octanol–water partition coefficient (Wildman–Crippen LogP) is 4.77. The molecule has 1 aliphatic heterocycles. The average Bonchev–Trinajstić information content (AvgIpc) is 3.00. The largest absolute Gasteiger partial charge is 0.416 e. The first-order valence-electron chi connectivity index (χ1n) is 9.98. The van der Waals surface area contributed by atoms with Gasteiger partial charge in [0.15, 0.2) is 5.78 Å². The first kappa shape index (κ1) is 22.5. The maximum Gasteiger partial charge on any atom is 0.416 e. The van der Waals surface area contributed by atoms with Crippen LogP contribution in [0.5, 0.6) is 0 Å². The molecule has 30 heavy (non-hydrogen) atoms. The third kappa shape index (κ3) is 6.15. The number of ketones is 1. The van der Waals surface area contributed by atoms with Gasteiger partial charge in [0.05, 0.1) is 10.4 Å². The first-order chi connectivity index (χ1) is 14.2. The summed E-state index contributed by atoms with van der Waals surface area (Å²) in [6, 6.07) is 8.94. The lowest BCUT2D eigenvalue weighted by Gasteiger charge is -2.22. The molecule has 4 nitrogen and oxygen atoms in total. The normalized spacial score (nSPS) is 15.8. The van der Waals surface area contributed by atoms with Crippen LogP contribution in [0.1, 0.15) is 44.9 Å². The topological polar surface area (TPSA) is 40.6 Å². The lowest BCUT2D eigenvalue weighted by molar-refractivity contribution is -0.137. The molecule has 0 saturated carbocycles. The van der Waals surface area contributed by atoms with Gasteiger partial charge in [-0.2, -0.15) is 13.2 Å². The molecule has 1 fully saturated rings. The highest BCUT2D eigenvalue weighted by molar-refractivity contribution is 7.14. The second kappa shape index (κ2) is 9.75. The fourth-order valence-corrected chi connectivity index (χ4v) is 4.36. The zero-order chi connectivity index (χ0) is 21.7. The molecular formula is C22H25F3N2O2S. The van der Waals surface area contributed by atoms with Crippen LogP contribution in [0.4, 0.5) is 13.2 Å². The highest BCUT2D eigenvalue weighted by Crippen LogP contribution is 2.29. The third-order valence-electron chi connectivity index (χ3n) is 5.21. The van der Waals surface area contributed by atoms with Crippen molar-refractivity contribution in [2.75, 3.05) is 26.2 Å². The second-order valence-electron chi connectivity index (χ2n) is 7.54. The number of thiophene rings is 1. The van der Waals surface area contributed by atoms with Crippen molar-refractivity contribution in [3.63, 3.8) is 0 Å². The molecule has 0 bridgehead atoms. The first-order valence-corrected chi connectivity index (χ1v) is 10.8. The summed E-state index contributed by atoms with van der Waals surface area (Å²) >= 11 is 1.45. The van der Waals surface area contributed by atoms with Crippen LogP contribution < -0.4 is 0 Å². The summed E-state index contributed by atoms with van der Waals surface area (Å²) in [6.45, 7) is 5.13. The Morgan fingerprint density at radius 2 is 1.70 bits per heavy atom. The van der Waals surface area contributed by atoms with Crippen molar-refractivity contribution in [1.29, 1.82) is 0 Å². The number of benzene rings is 1. The monoisotopic (exact) mass is 438 g/mol. The lowest BCUT2D eigenvalue weighted by Crippen LogP contribution is -2.35. The van der Waals surface area contributed by atoms with Gasteiger partial charge in [-0.1, -0.05) is 12.1 Å². The Morgan fingerprint density at radius 3 is 2.33 bits per heavy atom. The number of halogens is 3. The number of aryl methyl sites for hydroxylation is 1.